The lowest BCUT2D eigenvalue weighted by Gasteiger charge is -2.13. The van der Waals surface area contributed by atoms with Crippen LogP contribution in [-0.2, 0) is 12.7 Å². The topological polar surface area (TPSA) is 55.1 Å². The molecule has 2 rings (SSSR count). The molecule has 1 aromatic carbocycles. The Morgan fingerprint density at radius 3 is 2.38 bits per heavy atom. The van der Waals surface area contributed by atoms with E-state index in [0.29, 0.717) is 21.3 Å². The van der Waals surface area contributed by atoms with E-state index in [1.54, 1.807) is 0 Å². The van der Waals surface area contributed by atoms with Crippen LogP contribution >= 0.6 is 11.6 Å². The smallest absolute Gasteiger partial charge is 0.386 e. The number of benzene rings is 1. The summed E-state index contributed by atoms with van der Waals surface area (Å²) in [6.45, 7) is -0.385. The molecule has 0 aliphatic rings. The second-order valence-corrected chi connectivity index (χ2v) is 4.74. The average molecular weight is 319 g/mol. The minimum absolute atomic E-state index is 0.385. The van der Waals surface area contributed by atoms with Gasteiger partial charge in [0.05, 0.1) is 12.6 Å². The highest BCUT2D eigenvalue weighted by Gasteiger charge is 2.33. The van der Waals surface area contributed by atoms with Crippen molar-refractivity contribution in [3.63, 3.8) is 0 Å². The molecule has 0 aliphatic carbocycles. The summed E-state index contributed by atoms with van der Waals surface area (Å²) < 4.78 is 38.2. The van der Waals surface area contributed by atoms with E-state index >= 15 is 0 Å². The van der Waals surface area contributed by atoms with E-state index in [1.807, 2.05) is 0 Å². The molecule has 1 N–H and O–H groups in total. The summed E-state index contributed by atoms with van der Waals surface area (Å²) in [7, 11) is 0. The van der Waals surface area contributed by atoms with Gasteiger partial charge < -0.3 is 5.11 Å². The Labute approximate surface area is 122 Å². The zero-order chi connectivity index (χ0) is 15.6. The molecular formula is C13H10ClF3N2O2. The predicted octanol–water partition coefficient (Wildman–Crippen LogP) is 2.65. The average Bonchev–Trinajstić information content (AvgIpc) is 2.40. The summed E-state index contributed by atoms with van der Waals surface area (Å²) in [5.74, 6) is 0. The number of alkyl halides is 3. The maximum Gasteiger partial charge on any atom is 0.435 e. The number of hydrogen-bond acceptors (Lipinski definition) is 3. The third-order valence-corrected chi connectivity index (χ3v) is 3.01. The number of aliphatic hydroxyl groups excluding tert-OH is 1. The van der Waals surface area contributed by atoms with Crippen LogP contribution in [0.15, 0.2) is 41.2 Å². The number of nitrogens with zero attached hydrogens (tertiary/aromatic N) is 2. The SMILES string of the molecule is O=c1ccc(C(F)(F)F)nn1CC(O)c1ccc(Cl)cc1. The Bertz CT molecular complexity index is 683. The molecule has 0 amide bonds. The van der Waals surface area contributed by atoms with Gasteiger partial charge in [-0.05, 0) is 23.8 Å². The molecular weight excluding hydrogens is 309 g/mol. The molecule has 0 aliphatic heterocycles. The molecule has 112 valence electrons. The van der Waals surface area contributed by atoms with Crippen molar-refractivity contribution < 1.29 is 18.3 Å². The monoisotopic (exact) mass is 318 g/mol. The van der Waals surface area contributed by atoms with E-state index in [2.05, 4.69) is 5.10 Å². The lowest BCUT2D eigenvalue weighted by atomic mass is 10.1. The maximum absolute atomic E-state index is 12.5. The minimum atomic E-state index is -4.65. The van der Waals surface area contributed by atoms with Crippen molar-refractivity contribution in [2.24, 2.45) is 0 Å². The van der Waals surface area contributed by atoms with Crippen molar-refractivity contribution in [2.75, 3.05) is 0 Å². The maximum atomic E-state index is 12.5. The molecule has 0 bridgehead atoms. The highest BCUT2D eigenvalue weighted by Crippen LogP contribution is 2.26. The quantitative estimate of drug-likeness (QED) is 0.946. The molecule has 2 aromatic rings. The molecule has 0 saturated heterocycles. The van der Waals surface area contributed by atoms with Gasteiger partial charge in [0.1, 0.15) is 0 Å². The van der Waals surface area contributed by atoms with Crippen LogP contribution in [0.5, 0.6) is 0 Å². The van der Waals surface area contributed by atoms with Crippen LogP contribution in [0, 0.1) is 0 Å². The third-order valence-electron chi connectivity index (χ3n) is 2.76. The summed E-state index contributed by atoms with van der Waals surface area (Å²) in [4.78, 5) is 11.5. The zero-order valence-electron chi connectivity index (χ0n) is 10.5. The summed E-state index contributed by atoms with van der Waals surface area (Å²) in [6.07, 6.45) is -5.82. The predicted molar refractivity (Wildman–Crippen MR) is 69.9 cm³/mol. The van der Waals surface area contributed by atoms with Crippen LogP contribution in [0.4, 0.5) is 13.2 Å². The molecule has 1 atom stereocenters. The number of rotatable bonds is 3. The van der Waals surface area contributed by atoms with Crippen LogP contribution in [0.25, 0.3) is 0 Å². The number of aliphatic hydroxyl groups is 1. The molecule has 4 nitrogen and oxygen atoms in total. The molecule has 1 aromatic heterocycles. The van der Waals surface area contributed by atoms with Gasteiger partial charge in [0.25, 0.3) is 5.56 Å². The Morgan fingerprint density at radius 2 is 1.81 bits per heavy atom. The Morgan fingerprint density at radius 1 is 1.19 bits per heavy atom. The standard InChI is InChI=1S/C13H10ClF3N2O2/c14-9-3-1-8(2-4-9)10(20)7-19-12(21)6-5-11(18-19)13(15,16)17/h1-6,10,20H,7H2. The molecule has 0 radical (unpaired) electrons. The van der Waals surface area contributed by atoms with Gasteiger partial charge in [-0.15, -0.1) is 0 Å². The molecule has 0 spiro atoms. The van der Waals surface area contributed by atoms with E-state index < -0.39 is 23.5 Å². The Hall–Kier alpha value is -1.86. The van der Waals surface area contributed by atoms with Gasteiger partial charge in [-0.3, -0.25) is 4.79 Å². The van der Waals surface area contributed by atoms with Gasteiger partial charge in [0, 0.05) is 11.1 Å². The zero-order valence-corrected chi connectivity index (χ0v) is 11.3. The number of hydrogen-bond donors (Lipinski definition) is 1. The normalized spacial score (nSPS) is 13.2. The highest BCUT2D eigenvalue weighted by atomic mass is 35.5. The lowest BCUT2D eigenvalue weighted by Crippen LogP contribution is -2.28. The molecule has 1 unspecified atom stereocenters. The largest absolute Gasteiger partial charge is 0.435 e. The molecule has 21 heavy (non-hydrogen) atoms. The van der Waals surface area contributed by atoms with Gasteiger partial charge in [-0.25, -0.2) is 4.68 Å². The van der Waals surface area contributed by atoms with Crippen LogP contribution in [0.3, 0.4) is 0 Å². The first-order valence-electron chi connectivity index (χ1n) is 5.86. The van der Waals surface area contributed by atoms with Gasteiger partial charge in [0.15, 0.2) is 5.69 Å². The lowest BCUT2D eigenvalue weighted by molar-refractivity contribution is -0.142. The first-order valence-corrected chi connectivity index (χ1v) is 6.24. The number of halogens is 4. The second-order valence-electron chi connectivity index (χ2n) is 4.30. The Kier molecular flexibility index (Phi) is 4.34. The van der Waals surface area contributed by atoms with Gasteiger partial charge in [-0.1, -0.05) is 23.7 Å². The second kappa shape index (κ2) is 5.87. The summed E-state index contributed by atoms with van der Waals surface area (Å²) >= 11 is 5.70. The Balaban J connectivity index is 2.26. The van der Waals surface area contributed by atoms with Crippen molar-refractivity contribution in [2.45, 2.75) is 18.8 Å². The summed E-state index contributed by atoms with van der Waals surface area (Å²) in [6, 6.07) is 7.47. The fraction of sp³-hybridized carbons (Fsp3) is 0.231. The van der Waals surface area contributed by atoms with Crippen molar-refractivity contribution in [3.05, 3.63) is 63.0 Å². The van der Waals surface area contributed by atoms with Gasteiger partial charge in [0.2, 0.25) is 0 Å². The van der Waals surface area contributed by atoms with Gasteiger partial charge >= 0.3 is 6.18 Å². The van der Waals surface area contributed by atoms with Crippen molar-refractivity contribution in [1.29, 1.82) is 0 Å². The van der Waals surface area contributed by atoms with Crippen molar-refractivity contribution >= 4 is 11.6 Å². The van der Waals surface area contributed by atoms with E-state index in [0.717, 1.165) is 6.07 Å². The van der Waals surface area contributed by atoms with Crippen LogP contribution in [0.1, 0.15) is 17.4 Å². The molecule has 0 saturated carbocycles. The fourth-order valence-corrected chi connectivity index (χ4v) is 1.81. The molecule has 8 heteroatoms. The third kappa shape index (κ3) is 3.83. The summed E-state index contributed by atoms with van der Waals surface area (Å²) in [5, 5.41) is 13.6. The number of aromatic nitrogens is 2. The van der Waals surface area contributed by atoms with E-state index in [9.17, 15) is 23.1 Å². The summed E-state index contributed by atoms with van der Waals surface area (Å²) in [5.41, 5.74) is -1.49. The minimum Gasteiger partial charge on any atom is -0.386 e. The van der Waals surface area contributed by atoms with E-state index in [1.165, 1.54) is 24.3 Å². The fourth-order valence-electron chi connectivity index (χ4n) is 1.69. The first-order chi connectivity index (χ1) is 9.77. The van der Waals surface area contributed by atoms with E-state index in [-0.39, 0.29) is 6.54 Å². The van der Waals surface area contributed by atoms with Crippen LogP contribution in [-0.4, -0.2) is 14.9 Å². The van der Waals surface area contributed by atoms with Crippen LogP contribution < -0.4 is 5.56 Å². The van der Waals surface area contributed by atoms with Crippen LogP contribution in [0.2, 0.25) is 5.02 Å². The van der Waals surface area contributed by atoms with Crippen molar-refractivity contribution in [1.82, 2.24) is 9.78 Å². The van der Waals surface area contributed by atoms with Gasteiger partial charge in [-0.2, -0.15) is 18.3 Å². The first kappa shape index (κ1) is 15.5. The molecule has 1 heterocycles. The molecule has 0 fully saturated rings. The highest BCUT2D eigenvalue weighted by molar-refractivity contribution is 6.30. The van der Waals surface area contributed by atoms with E-state index in [4.69, 9.17) is 11.6 Å². The van der Waals surface area contributed by atoms with Crippen molar-refractivity contribution in [3.8, 4) is 0 Å².